The summed E-state index contributed by atoms with van der Waals surface area (Å²) in [5, 5.41) is 0. The van der Waals surface area contributed by atoms with E-state index in [1.807, 2.05) is 13.8 Å². The van der Waals surface area contributed by atoms with Gasteiger partial charge >= 0.3 is 12.6 Å². The number of ether oxygens (including phenoxy) is 5. The van der Waals surface area contributed by atoms with Crippen LogP contribution >= 0.6 is 0 Å². The van der Waals surface area contributed by atoms with Crippen molar-refractivity contribution in [1.82, 2.24) is 0 Å². The molecular weight excluding hydrogens is 412 g/mol. The van der Waals surface area contributed by atoms with Crippen LogP contribution in [0.5, 0.6) is 23.0 Å². The number of carbonyl (C=O) groups is 1. The zero-order chi connectivity index (χ0) is 22.5. The van der Waals surface area contributed by atoms with Crippen molar-refractivity contribution in [3.63, 3.8) is 0 Å². The lowest BCUT2D eigenvalue weighted by atomic mass is 10.1. The molecule has 0 unspecified atom stereocenters. The van der Waals surface area contributed by atoms with Crippen LogP contribution in [0.1, 0.15) is 25.0 Å². The molecule has 0 amide bonds. The maximum absolute atomic E-state index is 12.5. The summed E-state index contributed by atoms with van der Waals surface area (Å²) in [6, 6.07) is 9.34. The predicted molar refractivity (Wildman–Crippen MR) is 109 cm³/mol. The standard InChI is InChI=1S/C22H21F2NO6/c1-12(2)29-16-7-5-13(10-18(16)27-3)9-15-21(26)31-20(25-15)14-6-8-17(30-22(23)24)19(11-14)28-4/h5-12,22H,1-4H3. The molecule has 0 fully saturated rings. The second-order valence-electron chi connectivity index (χ2n) is 6.66. The molecule has 0 radical (unpaired) electrons. The molecule has 0 aliphatic carbocycles. The minimum atomic E-state index is -3.00. The molecule has 0 N–H and O–H groups in total. The minimum Gasteiger partial charge on any atom is -0.493 e. The number of cyclic esters (lactones) is 1. The van der Waals surface area contributed by atoms with E-state index in [0.29, 0.717) is 22.6 Å². The first-order chi connectivity index (χ1) is 14.8. The normalized spacial score (nSPS) is 14.6. The molecule has 1 aliphatic heterocycles. The summed E-state index contributed by atoms with van der Waals surface area (Å²) in [4.78, 5) is 16.5. The monoisotopic (exact) mass is 433 g/mol. The topological polar surface area (TPSA) is 75.6 Å². The lowest BCUT2D eigenvalue weighted by Gasteiger charge is -2.13. The average Bonchev–Trinajstić information content (AvgIpc) is 3.08. The Morgan fingerprint density at radius 1 is 0.935 bits per heavy atom. The van der Waals surface area contributed by atoms with Crippen LogP contribution in [-0.4, -0.2) is 38.8 Å². The Morgan fingerprint density at radius 3 is 2.23 bits per heavy atom. The van der Waals surface area contributed by atoms with E-state index >= 15 is 0 Å². The summed E-state index contributed by atoms with van der Waals surface area (Å²) in [6.07, 6.45) is 1.52. The number of nitrogens with zero attached hydrogens (tertiary/aromatic N) is 1. The molecule has 164 valence electrons. The van der Waals surface area contributed by atoms with E-state index in [9.17, 15) is 13.6 Å². The molecule has 0 spiro atoms. The summed E-state index contributed by atoms with van der Waals surface area (Å²) >= 11 is 0. The number of benzene rings is 2. The van der Waals surface area contributed by atoms with Crippen LogP contribution in [0.15, 0.2) is 47.1 Å². The fourth-order valence-corrected chi connectivity index (χ4v) is 2.81. The van der Waals surface area contributed by atoms with E-state index < -0.39 is 12.6 Å². The molecule has 1 aliphatic rings. The van der Waals surface area contributed by atoms with Crippen LogP contribution in [0, 0.1) is 0 Å². The molecule has 0 atom stereocenters. The number of rotatable bonds is 8. The van der Waals surface area contributed by atoms with Gasteiger partial charge in [-0.1, -0.05) is 6.07 Å². The first-order valence-electron chi connectivity index (χ1n) is 9.31. The van der Waals surface area contributed by atoms with E-state index in [1.165, 1.54) is 32.4 Å². The molecule has 0 aromatic heterocycles. The Bertz CT molecular complexity index is 1030. The molecule has 31 heavy (non-hydrogen) atoms. The van der Waals surface area contributed by atoms with Gasteiger partial charge in [-0.2, -0.15) is 8.78 Å². The van der Waals surface area contributed by atoms with Crippen molar-refractivity contribution in [2.75, 3.05) is 14.2 Å². The van der Waals surface area contributed by atoms with E-state index in [2.05, 4.69) is 9.73 Å². The lowest BCUT2D eigenvalue weighted by molar-refractivity contribution is -0.129. The molecule has 0 bridgehead atoms. The van der Waals surface area contributed by atoms with Crippen LogP contribution in [0.3, 0.4) is 0 Å². The number of alkyl halides is 2. The van der Waals surface area contributed by atoms with E-state index in [1.54, 1.807) is 24.3 Å². The fourth-order valence-electron chi connectivity index (χ4n) is 2.81. The Hall–Kier alpha value is -3.62. The van der Waals surface area contributed by atoms with Crippen molar-refractivity contribution < 1.29 is 37.3 Å². The third-order valence-corrected chi connectivity index (χ3v) is 4.10. The van der Waals surface area contributed by atoms with E-state index in [4.69, 9.17) is 18.9 Å². The van der Waals surface area contributed by atoms with Gasteiger partial charge in [0.15, 0.2) is 28.7 Å². The van der Waals surface area contributed by atoms with Gasteiger partial charge in [0.2, 0.25) is 5.90 Å². The van der Waals surface area contributed by atoms with Gasteiger partial charge in [-0.3, -0.25) is 0 Å². The number of methoxy groups -OCH3 is 2. The third-order valence-electron chi connectivity index (χ3n) is 4.10. The van der Waals surface area contributed by atoms with Gasteiger partial charge < -0.3 is 23.7 Å². The maximum Gasteiger partial charge on any atom is 0.387 e. The number of hydrogen-bond donors (Lipinski definition) is 0. The molecule has 2 aromatic carbocycles. The van der Waals surface area contributed by atoms with Crippen molar-refractivity contribution in [2.45, 2.75) is 26.6 Å². The Labute approximate surface area is 177 Å². The predicted octanol–water partition coefficient (Wildman–Crippen LogP) is 4.44. The quantitative estimate of drug-likeness (QED) is 0.453. The minimum absolute atomic E-state index is 0.0184. The Morgan fingerprint density at radius 2 is 1.58 bits per heavy atom. The Kier molecular flexibility index (Phi) is 6.74. The fraction of sp³-hybridized carbons (Fsp3) is 0.273. The van der Waals surface area contributed by atoms with Gasteiger partial charge in [0.05, 0.1) is 20.3 Å². The maximum atomic E-state index is 12.5. The summed E-state index contributed by atoms with van der Waals surface area (Å²) in [5.74, 6) is 0.374. The number of aliphatic imine (C=N–C) groups is 1. The highest BCUT2D eigenvalue weighted by Crippen LogP contribution is 2.32. The molecule has 0 saturated carbocycles. The van der Waals surface area contributed by atoms with Crippen molar-refractivity contribution >= 4 is 17.9 Å². The van der Waals surface area contributed by atoms with Crippen molar-refractivity contribution in [3.05, 3.63) is 53.2 Å². The van der Waals surface area contributed by atoms with Gasteiger partial charge in [-0.15, -0.1) is 0 Å². The van der Waals surface area contributed by atoms with Crippen molar-refractivity contribution in [3.8, 4) is 23.0 Å². The van der Waals surface area contributed by atoms with Crippen LogP contribution in [0.4, 0.5) is 8.78 Å². The average molecular weight is 433 g/mol. The highest BCUT2D eigenvalue weighted by atomic mass is 19.3. The van der Waals surface area contributed by atoms with Crippen LogP contribution in [-0.2, 0) is 9.53 Å². The summed E-state index contributed by atoms with van der Waals surface area (Å²) in [7, 11) is 2.83. The molecular formula is C22H21F2NO6. The van der Waals surface area contributed by atoms with Crippen LogP contribution in [0.2, 0.25) is 0 Å². The SMILES string of the molecule is COc1cc(C=C2N=C(c3ccc(OC(F)F)c(OC)c3)OC2=O)ccc1OC(C)C. The third kappa shape index (κ3) is 5.30. The Balaban J connectivity index is 1.89. The van der Waals surface area contributed by atoms with Crippen molar-refractivity contribution in [2.24, 2.45) is 4.99 Å². The molecule has 7 nitrogen and oxygen atoms in total. The summed E-state index contributed by atoms with van der Waals surface area (Å²) in [5.41, 5.74) is 1.10. The number of halogens is 2. The molecule has 9 heteroatoms. The summed E-state index contributed by atoms with van der Waals surface area (Å²) in [6.45, 7) is 0.813. The summed E-state index contributed by atoms with van der Waals surface area (Å²) < 4.78 is 50.7. The zero-order valence-corrected chi connectivity index (χ0v) is 17.3. The van der Waals surface area contributed by atoms with Crippen LogP contribution < -0.4 is 18.9 Å². The first kappa shape index (κ1) is 22.1. The largest absolute Gasteiger partial charge is 0.493 e. The molecule has 2 aromatic rings. The van der Waals surface area contributed by atoms with Gasteiger partial charge in [0.1, 0.15) is 0 Å². The van der Waals surface area contributed by atoms with Gasteiger partial charge in [-0.05, 0) is 55.8 Å². The second-order valence-corrected chi connectivity index (χ2v) is 6.66. The van der Waals surface area contributed by atoms with Crippen LogP contribution in [0.25, 0.3) is 6.08 Å². The van der Waals surface area contributed by atoms with E-state index in [-0.39, 0.29) is 29.2 Å². The highest BCUT2D eigenvalue weighted by Gasteiger charge is 2.25. The van der Waals surface area contributed by atoms with Gasteiger partial charge in [-0.25, -0.2) is 9.79 Å². The molecule has 1 heterocycles. The lowest BCUT2D eigenvalue weighted by Crippen LogP contribution is -2.07. The van der Waals surface area contributed by atoms with E-state index in [0.717, 1.165) is 0 Å². The number of esters is 1. The zero-order valence-electron chi connectivity index (χ0n) is 17.3. The number of hydrogen-bond acceptors (Lipinski definition) is 7. The smallest absolute Gasteiger partial charge is 0.387 e. The molecule has 0 saturated heterocycles. The first-order valence-corrected chi connectivity index (χ1v) is 9.31. The highest BCUT2D eigenvalue weighted by molar-refractivity contribution is 6.13. The van der Waals surface area contributed by atoms with Gasteiger partial charge in [0, 0.05) is 5.56 Å². The van der Waals surface area contributed by atoms with Crippen molar-refractivity contribution in [1.29, 1.82) is 0 Å². The van der Waals surface area contributed by atoms with Gasteiger partial charge in [0.25, 0.3) is 0 Å². The molecule has 3 rings (SSSR count). The second kappa shape index (κ2) is 9.46. The number of carbonyl (C=O) groups excluding carboxylic acids is 1.